The molecule has 178 valence electrons. The highest BCUT2D eigenvalue weighted by atomic mass is 16.6. The fourth-order valence-electron chi connectivity index (χ4n) is 4.80. The highest BCUT2D eigenvalue weighted by Crippen LogP contribution is 2.39. The van der Waals surface area contributed by atoms with Crippen molar-refractivity contribution in [2.45, 2.75) is 46.2 Å². The Morgan fingerprint density at radius 2 is 1.79 bits per heavy atom. The molecule has 3 rings (SSSR count). The molecule has 0 saturated carbocycles. The second kappa shape index (κ2) is 10.8. The van der Waals surface area contributed by atoms with Crippen LogP contribution in [-0.2, 0) is 11.3 Å². The number of rotatable bonds is 9. The number of ether oxygens (including phenoxy) is 1. The predicted octanol–water partition coefficient (Wildman–Crippen LogP) is 4.71. The number of benzene rings is 2. The molecule has 0 N–H and O–H groups in total. The van der Waals surface area contributed by atoms with E-state index in [0.717, 1.165) is 24.4 Å². The van der Waals surface area contributed by atoms with Gasteiger partial charge in [-0.15, -0.1) is 0 Å². The van der Waals surface area contributed by atoms with Gasteiger partial charge in [0.2, 0.25) is 5.91 Å². The van der Waals surface area contributed by atoms with Crippen molar-refractivity contribution in [3.63, 3.8) is 0 Å². The maximum atomic E-state index is 12.9. The van der Waals surface area contributed by atoms with Gasteiger partial charge in [0.1, 0.15) is 5.75 Å². The van der Waals surface area contributed by atoms with Crippen LogP contribution in [0.3, 0.4) is 0 Å². The Bertz CT molecular complexity index is 976. The highest BCUT2D eigenvalue weighted by molar-refractivity contribution is 5.78. The van der Waals surface area contributed by atoms with E-state index in [1.165, 1.54) is 0 Å². The van der Waals surface area contributed by atoms with Crippen LogP contribution in [0.1, 0.15) is 44.7 Å². The number of amides is 1. The van der Waals surface area contributed by atoms with Crippen LogP contribution in [0.15, 0.2) is 48.5 Å². The minimum atomic E-state index is -0.317. The van der Waals surface area contributed by atoms with Gasteiger partial charge in [-0.1, -0.05) is 50.2 Å². The summed E-state index contributed by atoms with van der Waals surface area (Å²) in [4.78, 5) is 28.4. The molecule has 2 atom stereocenters. The van der Waals surface area contributed by atoms with Crippen LogP contribution in [0.2, 0.25) is 0 Å². The first-order chi connectivity index (χ1) is 15.7. The average molecular weight is 454 g/mol. The number of para-hydroxylation sites is 2. The minimum absolute atomic E-state index is 0.0680. The van der Waals surface area contributed by atoms with Gasteiger partial charge < -0.3 is 9.64 Å². The number of nitro benzene ring substituents is 1. The molecule has 33 heavy (non-hydrogen) atoms. The van der Waals surface area contributed by atoms with Gasteiger partial charge in [-0.25, -0.2) is 0 Å². The lowest BCUT2D eigenvalue weighted by molar-refractivity contribution is -0.385. The number of hydrogen-bond acceptors (Lipinski definition) is 5. The maximum Gasteiger partial charge on any atom is 0.273 e. The van der Waals surface area contributed by atoms with Gasteiger partial charge in [0.15, 0.2) is 0 Å². The summed E-state index contributed by atoms with van der Waals surface area (Å²) in [6.45, 7) is 10.6. The Labute approximate surface area is 196 Å². The van der Waals surface area contributed by atoms with E-state index < -0.39 is 0 Å². The normalized spacial score (nSPS) is 18.6. The van der Waals surface area contributed by atoms with Crippen LogP contribution in [0.4, 0.5) is 5.69 Å². The van der Waals surface area contributed by atoms with Gasteiger partial charge >= 0.3 is 0 Å². The number of methoxy groups -OCH3 is 1. The first-order valence-corrected chi connectivity index (χ1v) is 11.6. The van der Waals surface area contributed by atoms with Crippen LogP contribution < -0.4 is 4.74 Å². The second-order valence-electron chi connectivity index (χ2n) is 9.43. The number of nitro groups is 1. The summed E-state index contributed by atoms with van der Waals surface area (Å²) in [7, 11) is 1.68. The SMILES string of the molecule is COc1ccccc1[C@H]1CN(Cc2ccccc2[N+](=O)[O-])C[C@H]1CN(C(=O)C(C)C)C(C)C. The Morgan fingerprint density at radius 3 is 2.42 bits per heavy atom. The number of carbonyl (C=O) groups excluding carboxylic acids is 1. The molecule has 1 amide bonds. The number of nitrogens with zero attached hydrogens (tertiary/aromatic N) is 3. The van der Waals surface area contributed by atoms with Crippen molar-refractivity contribution in [2.75, 3.05) is 26.7 Å². The molecular weight excluding hydrogens is 418 g/mol. The highest BCUT2D eigenvalue weighted by Gasteiger charge is 2.38. The smallest absolute Gasteiger partial charge is 0.273 e. The lowest BCUT2D eigenvalue weighted by Gasteiger charge is -2.33. The zero-order chi connectivity index (χ0) is 24.1. The van der Waals surface area contributed by atoms with Crippen LogP contribution in [-0.4, -0.2) is 53.4 Å². The van der Waals surface area contributed by atoms with E-state index in [1.54, 1.807) is 19.2 Å². The number of carbonyl (C=O) groups is 1. The Kier molecular flexibility index (Phi) is 8.08. The summed E-state index contributed by atoms with van der Waals surface area (Å²) >= 11 is 0. The summed E-state index contributed by atoms with van der Waals surface area (Å²) in [6.07, 6.45) is 0. The van der Waals surface area contributed by atoms with Crippen molar-refractivity contribution in [3.05, 3.63) is 69.8 Å². The van der Waals surface area contributed by atoms with Crippen molar-refractivity contribution < 1.29 is 14.5 Å². The van der Waals surface area contributed by atoms with Gasteiger partial charge in [-0.2, -0.15) is 0 Å². The third kappa shape index (κ3) is 5.71. The molecule has 1 heterocycles. The number of likely N-dealkylation sites (tertiary alicyclic amines) is 1. The van der Waals surface area contributed by atoms with Crippen molar-refractivity contribution in [2.24, 2.45) is 11.8 Å². The third-order valence-electron chi connectivity index (χ3n) is 6.47. The molecule has 0 radical (unpaired) electrons. The van der Waals surface area contributed by atoms with E-state index in [0.29, 0.717) is 18.7 Å². The topological polar surface area (TPSA) is 75.9 Å². The quantitative estimate of drug-likeness (QED) is 0.406. The molecule has 0 bridgehead atoms. The van der Waals surface area contributed by atoms with Crippen LogP contribution >= 0.6 is 0 Å². The fraction of sp³-hybridized carbons (Fsp3) is 0.500. The van der Waals surface area contributed by atoms with E-state index in [1.807, 2.05) is 49.1 Å². The van der Waals surface area contributed by atoms with E-state index in [9.17, 15) is 14.9 Å². The van der Waals surface area contributed by atoms with Crippen LogP contribution in [0.25, 0.3) is 0 Å². The zero-order valence-electron chi connectivity index (χ0n) is 20.2. The maximum absolute atomic E-state index is 12.9. The predicted molar refractivity (Wildman–Crippen MR) is 129 cm³/mol. The molecule has 0 aromatic heterocycles. The molecule has 1 aliphatic rings. The first kappa shape index (κ1) is 24.7. The molecule has 1 aliphatic heterocycles. The fourth-order valence-corrected chi connectivity index (χ4v) is 4.80. The van der Waals surface area contributed by atoms with Crippen LogP contribution in [0.5, 0.6) is 5.75 Å². The summed E-state index contributed by atoms with van der Waals surface area (Å²) in [5.41, 5.74) is 1.98. The van der Waals surface area contributed by atoms with E-state index in [4.69, 9.17) is 4.74 Å². The van der Waals surface area contributed by atoms with Crippen molar-refractivity contribution >= 4 is 11.6 Å². The second-order valence-corrected chi connectivity index (χ2v) is 9.43. The van der Waals surface area contributed by atoms with Crippen molar-refractivity contribution in [1.82, 2.24) is 9.80 Å². The molecule has 2 aromatic rings. The van der Waals surface area contributed by atoms with E-state index in [-0.39, 0.29) is 40.3 Å². The molecule has 0 unspecified atom stereocenters. The zero-order valence-corrected chi connectivity index (χ0v) is 20.2. The third-order valence-corrected chi connectivity index (χ3v) is 6.47. The molecule has 7 nitrogen and oxygen atoms in total. The Hall–Kier alpha value is -2.93. The van der Waals surface area contributed by atoms with E-state index in [2.05, 4.69) is 24.8 Å². The van der Waals surface area contributed by atoms with Gasteiger partial charge in [-0.3, -0.25) is 19.8 Å². The lowest BCUT2D eigenvalue weighted by atomic mass is 9.87. The molecule has 7 heteroatoms. The largest absolute Gasteiger partial charge is 0.496 e. The van der Waals surface area contributed by atoms with Crippen molar-refractivity contribution in [1.29, 1.82) is 0 Å². The van der Waals surface area contributed by atoms with Crippen molar-refractivity contribution in [3.8, 4) is 5.75 Å². The van der Waals surface area contributed by atoms with Crippen LogP contribution in [0, 0.1) is 22.0 Å². The molecular formula is C26H35N3O4. The summed E-state index contributed by atoms with van der Waals surface area (Å²) in [5.74, 6) is 1.27. The first-order valence-electron chi connectivity index (χ1n) is 11.6. The molecule has 0 spiro atoms. The molecule has 1 fully saturated rings. The number of hydrogen-bond donors (Lipinski definition) is 0. The molecule has 1 saturated heterocycles. The monoisotopic (exact) mass is 453 g/mol. The average Bonchev–Trinajstić information content (AvgIpc) is 3.18. The summed E-state index contributed by atoms with van der Waals surface area (Å²) in [5, 5.41) is 11.5. The van der Waals surface area contributed by atoms with Gasteiger partial charge in [0.05, 0.1) is 12.0 Å². The van der Waals surface area contributed by atoms with Gasteiger partial charge in [0, 0.05) is 55.7 Å². The minimum Gasteiger partial charge on any atom is -0.496 e. The lowest BCUT2D eigenvalue weighted by Crippen LogP contribution is -2.43. The van der Waals surface area contributed by atoms with E-state index >= 15 is 0 Å². The summed E-state index contributed by atoms with van der Waals surface area (Å²) in [6, 6.07) is 15.1. The Morgan fingerprint density at radius 1 is 1.12 bits per heavy atom. The van der Waals surface area contributed by atoms with Gasteiger partial charge in [-0.05, 0) is 31.4 Å². The van der Waals surface area contributed by atoms with Gasteiger partial charge in [0.25, 0.3) is 5.69 Å². The molecule has 0 aliphatic carbocycles. The molecule has 2 aromatic carbocycles. The standard InChI is InChI=1S/C26H35N3O4/c1-18(2)26(30)28(19(3)4)16-21-15-27(14-20-10-6-8-12-24(20)29(31)32)17-23(21)22-11-7-9-13-25(22)33-5/h6-13,18-19,21,23H,14-17H2,1-5H3/t21-,23-/m0/s1. The Balaban J connectivity index is 1.91. The summed E-state index contributed by atoms with van der Waals surface area (Å²) < 4.78 is 5.66.